The zero-order valence-electron chi connectivity index (χ0n) is 17.1. The molecule has 1 saturated heterocycles. The van der Waals surface area contributed by atoms with E-state index < -0.39 is 17.5 Å². The van der Waals surface area contributed by atoms with Gasteiger partial charge in [-0.25, -0.2) is 4.79 Å². The Hall–Kier alpha value is -3.55. The van der Waals surface area contributed by atoms with Crippen LogP contribution in [-0.4, -0.2) is 42.5 Å². The summed E-state index contributed by atoms with van der Waals surface area (Å²) in [5.74, 6) is 0.537. The minimum atomic E-state index is -1.06. The maximum Gasteiger partial charge on any atom is 0.325 e. The van der Waals surface area contributed by atoms with Crippen LogP contribution in [0.4, 0.5) is 4.79 Å². The zero-order valence-corrected chi connectivity index (χ0v) is 17.1. The van der Waals surface area contributed by atoms with Crippen LogP contribution >= 0.6 is 0 Å². The van der Waals surface area contributed by atoms with Crippen molar-refractivity contribution in [2.45, 2.75) is 31.3 Å². The standard InChI is InChI=1S/C23H23N3O5/c1-14(16-6-7-18-19(12-16)31-11-10-30-18)24-20(27)13-26-21(28)23(25-22(26)29)9-8-15-4-2-3-5-17(15)23/h2-7,12,14H,8-11,13H2,1H3,(H,24,27)(H,25,29)/t14-,23+/m1/s1. The fraction of sp³-hybridized carbons (Fsp3) is 0.348. The van der Waals surface area contributed by atoms with Gasteiger partial charge in [0.15, 0.2) is 11.5 Å². The number of hydrogen-bond acceptors (Lipinski definition) is 5. The van der Waals surface area contributed by atoms with Gasteiger partial charge in [0, 0.05) is 0 Å². The number of carbonyl (C=O) groups excluding carboxylic acids is 3. The van der Waals surface area contributed by atoms with Crippen LogP contribution in [-0.2, 0) is 21.5 Å². The van der Waals surface area contributed by atoms with Crippen LogP contribution in [0, 0.1) is 0 Å². The largest absolute Gasteiger partial charge is 0.486 e. The maximum atomic E-state index is 13.2. The first kappa shape index (κ1) is 19.4. The van der Waals surface area contributed by atoms with E-state index in [1.165, 1.54) is 0 Å². The molecular weight excluding hydrogens is 398 g/mol. The van der Waals surface area contributed by atoms with Crippen LogP contribution in [0.25, 0.3) is 0 Å². The lowest BCUT2D eigenvalue weighted by atomic mass is 9.92. The molecule has 8 nitrogen and oxygen atoms in total. The van der Waals surface area contributed by atoms with Crippen molar-refractivity contribution in [1.29, 1.82) is 0 Å². The van der Waals surface area contributed by atoms with Crippen LogP contribution < -0.4 is 20.1 Å². The van der Waals surface area contributed by atoms with Crippen LogP contribution in [0.15, 0.2) is 42.5 Å². The zero-order chi connectivity index (χ0) is 21.6. The molecule has 2 aromatic rings. The molecule has 3 aliphatic rings. The van der Waals surface area contributed by atoms with Gasteiger partial charge >= 0.3 is 6.03 Å². The number of amides is 4. The van der Waals surface area contributed by atoms with Gasteiger partial charge in [0.05, 0.1) is 6.04 Å². The van der Waals surface area contributed by atoms with E-state index in [0.29, 0.717) is 37.6 Å². The van der Waals surface area contributed by atoms with Crippen molar-refractivity contribution in [3.63, 3.8) is 0 Å². The summed E-state index contributed by atoms with van der Waals surface area (Å²) in [5.41, 5.74) is 1.65. The first-order valence-electron chi connectivity index (χ1n) is 10.4. The molecular formula is C23H23N3O5. The Kier molecular flexibility index (Phi) is 4.57. The van der Waals surface area contributed by atoms with Crippen LogP contribution in [0.3, 0.4) is 0 Å². The van der Waals surface area contributed by atoms with Crippen molar-refractivity contribution >= 4 is 17.8 Å². The van der Waals surface area contributed by atoms with Crippen molar-refractivity contribution in [1.82, 2.24) is 15.5 Å². The van der Waals surface area contributed by atoms with Gasteiger partial charge in [-0.15, -0.1) is 0 Å². The minimum Gasteiger partial charge on any atom is -0.486 e. The monoisotopic (exact) mass is 421 g/mol. The van der Waals surface area contributed by atoms with Crippen molar-refractivity contribution in [2.75, 3.05) is 19.8 Å². The Labute approximate surface area is 179 Å². The van der Waals surface area contributed by atoms with Gasteiger partial charge in [0.2, 0.25) is 5.91 Å². The van der Waals surface area contributed by atoms with Crippen LogP contribution in [0.2, 0.25) is 0 Å². The van der Waals surface area contributed by atoms with Gasteiger partial charge in [0.1, 0.15) is 25.3 Å². The van der Waals surface area contributed by atoms with Gasteiger partial charge in [-0.05, 0) is 48.6 Å². The summed E-state index contributed by atoms with van der Waals surface area (Å²) < 4.78 is 11.1. The predicted molar refractivity (Wildman–Crippen MR) is 111 cm³/mol. The second kappa shape index (κ2) is 7.30. The number of benzene rings is 2. The highest BCUT2D eigenvalue weighted by atomic mass is 16.6. The SMILES string of the molecule is C[C@@H](NC(=O)CN1C(=O)N[C@]2(CCc3ccccc32)C1=O)c1ccc2c(c1)OCCO2. The van der Waals surface area contributed by atoms with Gasteiger partial charge in [-0.2, -0.15) is 0 Å². The van der Waals surface area contributed by atoms with Crippen LogP contribution in [0.1, 0.15) is 36.1 Å². The predicted octanol–water partition coefficient (Wildman–Crippen LogP) is 2.03. The molecule has 0 aromatic heterocycles. The third kappa shape index (κ3) is 3.19. The maximum absolute atomic E-state index is 13.2. The highest BCUT2D eigenvalue weighted by Gasteiger charge is 2.55. The molecule has 1 fully saturated rings. The lowest BCUT2D eigenvalue weighted by Gasteiger charge is -2.23. The molecule has 0 bridgehead atoms. The molecule has 1 aliphatic carbocycles. The summed E-state index contributed by atoms with van der Waals surface area (Å²) in [7, 11) is 0. The Morgan fingerprint density at radius 1 is 1.16 bits per heavy atom. The number of nitrogens with one attached hydrogen (secondary N) is 2. The first-order valence-corrected chi connectivity index (χ1v) is 10.4. The number of carbonyl (C=O) groups is 3. The van der Waals surface area contributed by atoms with Gasteiger partial charge in [-0.3, -0.25) is 14.5 Å². The van der Waals surface area contributed by atoms with Crippen LogP contribution in [0.5, 0.6) is 11.5 Å². The number of rotatable bonds is 4. The Bertz CT molecular complexity index is 1080. The van der Waals surface area contributed by atoms with E-state index in [-0.39, 0.29) is 18.5 Å². The number of ether oxygens (including phenoxy) is 2. The highest BCUT2D eigenvalue weighted by Crippen LogP contribution is 2.41. The molecule has 2 heterocycles. The molecule has 31 heavy (non-hydrogen) atoms. The topological polar surface area (TPSA) is 97.0 Å². The Morgan fingerprint density at radius 2 is 1.94 bits per heavy atom. The Balaban J connectivity index is 1.28. The van der Waals surface area contributed by atoms with Crippen molar-refractivity contribution < 1.29 is 23.9 Å². The summed E-state index contributed by atoms with van der Waals surface area (Å²) in [6, 6.07) is 12.2. The number of imide groups is 1. The summed E-state index contributed by atoms with van der Waals surface area (Å²) in [6.45, 7) is 2.50. The third-order valence-electron chi connectivity index (χ3n) is 6.17. The molecule has 0 radical (unpaired) electrons. The molecule has 2 atom stereocenters. The Morgan fingerprint density at radius 3 is 2.77 bits per heavy atom. The average Bonchev–Trinajstić information content (AvgIpc) is 3.26. The van der Waals surface area contributed by atoms with E-state index in [1.54, 1.807) is 0 Å². The van der Waals surface area contributed by atoms with E-state index in [2.05, 4.69) is 10.6 Å². The summed E-state index contributed by atoms with van der Waals surface area (Å²) in [6.07, 6.45) is 1.21. The number of nitrogens with zero attached hydrogens (tertiary/aromatic N) is 1. The molecule has 8 heteroatoms. The van der Waals surface area contributed by atoms with E-state index in [4.69, 9.17) is 9.47 Å². The second-order valence-electron chi connectivity index (χ2n) is 8.08. The van der Waals surface area contributed by atoms with Crippen molar-refractivity contribution in [3.05, 3.63) is 59.2 Å². The lowest BCUT2D eigenvalue weighted by molar-refractivity contribution is -0.135. The summed E-state index contributed by atoms with van der Waals surface area (Å²) in [4.78, 5) is 39.5. The molecule has 0 saturated carbocycles. The second-order valence-corrected chi connectivity index (χ2v) is 8.08. The van der Waals surface area contributed by atoms with Crippen molar-refractivity contribution in [3.8, 4) is 11.5 Å². The molecule has 0 unspecified atom stereocenters. The van der Waals surface area contributed by atoms with E-state index in [0.717, 1.165) is 21.6 Å². The van der Waals surface area contributed by atoms with E-state index in [9.17, 15) is 14.4 Å². The normalized spacial score (nSPS) is 22.3. The molecule has 160 valence electrons. The third-order valence-corrected chi connectivity index (χ3v) is 6.17. The summed E-state index contributed by atoms with van der Waals surface area (Å²) >= 11 is 0. The quantitative estimate of drug-likeness (QED) is 0.737. The van der Waals surface area contributed by atoms with E-state index in [1.807, 2.05) is 49.4 Å². The fourth-order valence-electron chi connectivity index (χ4n) is 4.58. The number of fused-ring (bicyclic) bond motifs is 3. The molecule has 2 aliphatic heterocycles. The highest BCUT2D eigenvalue weighted by molar-refractivity contribution is 6.09. The molecule has 2 N–H and O–H groups in total. The average molecular weight is 421 g/mol. The van der Waals surface area contributed by atoms with Crippen molar-refractivity contribution in [2.24, 2.45) is 0 Å². The molecule has 2 aromatic carbocycles. The smallest absolute Gasteiger partial charge is 0.325 e. The lowest BCUT2D eigenvalue weighted by Crippen LogP contribution is -2.44. The van der Waals surface area contributed by atoms with Gasteiger partial charge in [0.25, 0.3) is 5.91 Å². The van der Waals surface area contributed by atoms with Gasteiger partial charge < -0.3 is 20.1 Å². The summed E-state index contributed by atoms with van der Waals surface area (Å²) in [5, 5.41) is 5.70. The fourth-order valence-corrected chi connectivity index (χ4v) is 4.58. The number of hydrogen-bond donors (Lipinski definition) is 2. The number of urea groups is 1. The number of aryl methyl sites for hydroxylation is 1. The molecule has 1 spiro atoms. The van der Waals surface area contributed by atoms with E-state index >= 15 is 0 Å². The minimum absolute atomic E-state index is 0.328. The molecule has 5 rings (SSSR count). The molecule has 4 amide bonds. The van der Waals surface area contributed by atoms with Gasteiger partial charge in [-0.1, -0.05) is 30.3 Å². The first-order chi connectivity index (χ1) is 15.0.